The van der Waals surface area contributed by atoms with Crippen molar-refractivity contribution in [3.8, 4) is 6.19 Å². The Hall–Kier alpha value is -1.86. The average molecular weight is 217 g/mol. The Balaban J connectivity index is 2.29. The Bertz CT molecular complexity index is 379. The summed E-state index contributed by atoms with van der Waals surface area (Å²) in [6.07, 6.45) is 5.68. The van der Waals surface area contributed by atoms with Gasteiger partial charge in [-0.05, 0) is 17.8 Å². The Labute approximate surface area is 94.4 Å². The van der Waals surface area contributed by atoms with Gasteiger partial charge < -0.3 is 5.32 Å². The highest BCUT2D eigenvalue weighted by Crippen LogP contribution is 1.99. The van der Waals surface area contributed by atoms with Crippen LogP contribution in [0.25, 0.3) is 6.08 Å². The van der Waals surface area contributed by atoms with Crippen molar-refractivity contribution in [3.05, 3.63) is 42.0 Å². The van der Waals surface area contributed by atoms with Crippen LogP contribution < -0.4 is 10.6 Å². The second kappa shape index (κ2) is 6.57. The Kier molecular flexibility index (Phi) is 4.91. The molecule has 0 radical (unpaired) electrons. The standard InChI is InChI=1S/C11H11N3S/c12-9-14-11(15)13-8-4-7-10-5-2-1-3-6-10/h1-7H,8H2,(H2,13,14,15). The molecule has 1 aromatic rings. The van der Waals surface area contributed by atoms with Gasteiger partial charge in [-0.1, -0.05) is 42.5 Å². The van der Waals surface area contributed by atoms with E-state index in [0.29, 0.717) is 11.7 Å². The molecule has 1 aromatic carbocycles. The molecule has 0 bridgehead atoms. The van der Waals surface area contributed by atoms with E-state index in [2.05, 4.69) is 10.6 Å². The summed E-state index contributed by atoms with van der Waals surface area (Å²) in [6.45, 7) is 0.600. The van der Waals surface area contributed by atoms with Gasteiger partial charge in [0.1, 0.15) is 0 Å². The summed E-state index contributed by atoms with van der Waals surface area (Å²) in [7, 11) is 0. The van der Waals surface area contributed by atoms with Crippen LogP contribution in [0.2, 0.25) is 0 Å². The van der Waals surface area contributed by atoms with Gasteiger partial charge in [0.25, 0.3) is 0 Å². The lowest BCUT2D eigenvalue weighted by Crippen LogP contribution is -2.31. The number of rotatable bonds is 3. The lowest BCUT2D eigenvalue weighted by Gasteiger charge is -2.00. The van der Waals surface area contributed by atoms with Gasteiger partial charge in [0, 0.05) is 6.54 Å². The highest BCUT2D eigenvalue weighted by Gasteiger charge is 1.88. The number of nitrogens with one attached hydrogen (secondary N) is 2. The number of benzene rings is 1. The fourth-order valence-electron chi connectivity index (χ4n) is 1.01. The molecular weight excluding hydrogens is 206 g/mol. The third-order valence-corrected chi connectivity index (χ3v) is 1.91. The summed E-state index contributed by atoms with van der Waals surface area (Å²) < 4.78 is 0. The quantitative estimate of drug-likeness (QED) is 0.459. The largest absolute Gasteiger partial charge is 0.358 e. The summed E-state index contributed by atoms with van der Waals surface area (Å²) in [5, 5.41) is 13.8. The monoisotopic (exact) mass is 217 g/mol. The maximum atomic E-state index is 8.26. The summed E-state index contributed by atoms with van der Waals surface area (Å²) in [5.74, 6) is 0. The molecule has 0 aliphatic rings. The first-order valence-electron chi connectivity index (χ1n) is 4.47. The molecule has 0 aliphatic heterocycles. The number of hydrogen-bond donors (Lipinski definition) is 2. The molecule has 0 aromatic heterocycles. The molecule has 0 aliphatic carbocycles. The predicted octanol–water partition coefficient (Wildman–Crippen LogP) is 1.64. The van der Waals surface area contributed by atoms with Gasteiger partial charge >= 0.3 is 0 Å². The second-order valence-corrected chi connectivity index (χ2v) is 3.17. The highest BCUT2D eigenvalue weighted by molar-refractivity contribution is 7.80. The SMILES string of the molecule is N#CNC(=S)NCC=Cc1ccccc1. The van der Waals surface area contributed by atoms with Crippen molar-refractivity contribution in [2.45, 2.75) is 0 Å². The van der Waals surface area contributed by atoms with Crippen LogP contribution >= 0.6 is 12.2 Å². The third-order valence-electron chi connectivity index (χ3n) is 1.66. The van der Waals surface area contributed by atoms with E-state index >= 15 is 0 Å². The molecule has 0 saturated heterocycles. The molecule has 0 spiro atoms. The lowest BCUT2D eigenvalue weighted by atomic mass is 10.2. The van der Waals surface area contributed by atoms with Crippen molar-refractivity contribution >= 4 is 23.4 Å². The topological polar surface area (TPSA) is 47.9 Å². The smallest absolute Gasteiger partial charge is 0.183 e. The zero-order valence-corrected chi connectivity index (χ0v) is 8.92. The van der Waals surface area contributed by atoms with Crippen molar-refractivity contribution in [3.63, 3.8) is 0 Å². The maximum Gasteiger partial charge on any atom is 0.183 e. The molecule has 3 nitrogen and oxygen atoms in total. The van der Waals surface area contributed by atoms with Crippen LogP contribution in [0.5, 0.6) is 0 Å². The Morgan fingerprint density at radius 3 is 2.80 bits per heavy atom. The van der Waals surface area contributed by atoms with Crippen LogP contribution in [-0.4, -0.2) is 11.7 Å². The first-order valence-corrected chi connectivity index (χ1v) is 4.88. The van der Waals surface area contributed by atoms with E-state index in [1.54, 1.807) is 6.19 Å². The van der Waals surface area contributed by atoms with Crippen molar-refractivity contribution in [2.75, 3.05) is 6.54 Å². The molecule has 1 rings (SSSR count). The minimum absolute atomic E-state index is 0.343. The lowest BCUT2D eigenvalue weighted by molar-refractivity contribution is 1.02. The van der Waals surface area contributed by atoms with Crippen LogP contribution in [-0.2, 0) is 0 Å². The van der Waals surface area contributed by atoms with Crippen molar-refractivity contribution < 1.29 is 0 Å². The molecule has 0 heterocycles. The summed E-state index contributed by atoms with van der Waals surface area (Å²) >= 11 is 4.80. The van der Waals surface area contributed by atoms with E-state index in [0.717, 1.165) is 5.56 Å². The van der Waals surface area contributed by atoms with Crippen molar-refractivity contribution in [1.82, 2.24) is 10.6 Å². The van der Waals surface area contributed by atoms with Gasteiger partial charge in [-0.2, -0.15) is 5.26 Å². The minimum Gasteiger partial charge on any atom is -0.358 e. The van der Waals surface area contributed by atoms with Crippen LogP contribution in [0.1, 0.15) is 5.56 Å². The second-order valence-electron chi connectivity index (χ2n) is 2.76. The van der Waals surface area contributed by atoms with Gasteiger partial charge in [-0.3, -0.25) is 5.32 Å². The number of nitrogens with zero attached hydrogens (tertiary/aromatic N) is 1. The highest BCUT2D eigenvalue weighted by atomic mass is 32.1. The van der Waals surface area contributed by atoms with E-state index in [-0.39, 0.29) is 0 Å². The third kappa shape index (κ3) is 4.79. The molecule has 2 N–H and O–H groups in total. The first kappa shape index (κ1) is 11.2. The van der Waals surface area contributed by atoms with Gasteiger partial charge in [0.15, 0.2) is 11.3 Å². The molecule has 0 unspecified atom stereocenters. The molecule has 0 saturated carbocycles. The first-order chi connectivity index (χ1) is 7.33. The summed E-state index contributed by atoms with van der Waals surface area (Å²) in [4.78, 5) is 0. The average Bonchev–Trinajstić information content (AvgIpc) is 2.26. The van der Waals surface area contributed by atoms with Crippen LogP contribution in [0, 0.1) is 11.5 Å². The molecule has 15 heavy (non-hydrogen) atoms. The zero-order chi connectivity index (χ0) is 10.9. The Morgan fingerprint density at radius 1 is 1.40 bits per heavy atom. The molecular formula is C11H11N3S. The fraction of sp³-hybridized carbons (Fsp3) is 0.0909. The van der Waals surface area contributed by atoms with Gasteiger partial charge in [0.05, 0.1) is 0 Å². The molecule has 0 fully saturated rings. The van der Waals surface area contributed by atoms with Crippen LogP contribution in [0.4, 0.5) is 0 Å². The Morgan fingerprint density at radius 2 is 2.13 bits per heavy atom. The number of hydrogen-bond acceptors (Lipinski definition) is 2. The van der Waals surface area contributed by atoms with Crippen LogP contribution in [0.3, 0.4) is 0 Å². The summed E-state index contributed by atoms with van der Waals surface area (Å²) in [5.41, 5.74) is 1.14. The normalized spacial score (nSPS) is 9.53. The molecule has 0 atom stereocenters. The number of thiocarbonyl (C=S) groups is 1. The van der Waals surface area contributed by atoms with Gasteiger partial charge in [-0.15, -0.1) is 0 Å². The maximum absolute atomic E-state index is 8.26. The zero-order valence-electron chi connectivity index (χ0n) is 8.10. The van der Waals surface area contributed by atoms with E-state index in [4.69, 9.17) is 17.5 Å². The van der Waals surface area contributed by atoms with E-state index in [1.165, 1.54) is 0 Å². The van der Waals surface area contributed by atoms with E-state index in [9.17, 15) is 0 Å². The predicted molar refractivity (Wildman–Crippen MR) is 64.8 cm³/mol. The fourth-order valence-corrected chi connectivity index (χ4v) is 1.13. The van der Waals surface area contributed by atoms with Crippen LogP contribution in [0.15, 0.2) is 36.4 Å². The molecule has 0 amide bonds. The molecule has 4 heteroatoms. The van der Waals surface area contributed by atoms with Gasteiger partial charge in [0.2, 0.25) is 0 Å². The van der Waals surface area contributed by atoms with Gasteiger partial charge in [-0.25, -0.2) is 0 Å². The molecule has 76 valence electrons. The summed E-state index contributed by atoms with van der Waals surface area (Å²) in [6, 6.07) is 9.97. The van der Waals surface area contributed by atoms with Crippen molar-refractivity contribution in [1.29, 1.82) is 5.26 Å². The minimum atomic E-state index is 0.343. The van der Waals surface area contributed by atoms with E-state index < -0.39 is 0 Å². The number of nitriles is 1. The van der Waals surface area contributed by atoms with Crippen molar-refractivity contribution in [2.24, 2.45) is 0 Å². The van der Waals surface area contributed by atoms with E-state index in [1.807, 2.05) is 42.5 Å².